The zero-order valence-corrected chi connectivity index (χ0v) is 19.2. The van der Waals surface area contributed by atoms with E-state index in [0.29, 0.717) is 17.7 Å². The lowest BCUT2D eigenvalue weighted by atomic mass is 9.24. The molecular weight excluding hydrogens is 327 g/mol. The Hall–Kier alpha value is -0.395. The van der Waals surface area contributed by atoms with Gasteiger partial charge < -0.3 is 4.65 Å². The average Bonchev–Trinajstić information content (AvgIpc) is 2.63. The minimum absolute atomic E-state index is 0.428. The monoisotopic (exact) mass is 370 g/mol. The van der Waals surface area contributed by atoms with E-state index >= 15 is 0 Å². The highest BCUT2D eigenvalue weighted by atomic mass is 16.4. The SMILES string of the molecule is C/C=C(/CC)OB([C@H]1[C@H](C)C[C@H]2C[C@@H]1C2(C)C)[C@H]1[C@H](C)C[C@H]2C[C@@H]1C2(C)C. The highest BCUT2D eigenvalue weighted by Crippen LogP contribution is 2.71. The van der Waals surface area contributed by atoms with Crippen molar-refractivity contribution in [1.82, 2.24) is 0 Å². The summed E-state index contributed by atoms with van der Waals surface area (Å²) in [5.41, 5.74) is 1.05. The Morgan fingerprint density at radius 2 is 1.33 bits per heavy atom. The summed E-state index contributed by atoms with van der Waals surface area (Å²) in [6.07, 6.45) is 9.01. The topological polar surface area (TPSA) is 9.23 Å². The molecule has 0 spiro atoms. The van der Waals surface area contributed by atoms with Crippen LogP contribution in [0.5, 0.6) is 0 Å². The van der Waals surface area contributed by atoms with Crippen LogP contribution in [-0.2, 0) is 4.65 Å². The predicted molar refractivity (Wildman–Crippen MR) is 117 cm³/mol. The maximum Gasteiger partial charge on any atom is 0.364 e. The Labute approximate surface area is 169 Å². The van der Waals surface area contributed by atoms with E-state index in [4.69, 9.17) is 4.65 Å². The van der Waals surface area contributed by atoms with Gasteiger partial charge in [-0.15, -0.1) is 0 Å². The minimum Gasteiger partial charge on any atom is -0.563 e. The number of hydrogen-bond donors (Lipinski definition) is 0. The van der Waals surface area contributed by atoms with E-state index < -0.39 is 0 Å². The van der Waals surface area contributed by atoms with Crippen LogP contribution in [0.4, 0.5) is 0 Å². The molecule has 27 heavy (non-hydrogen) atoms. The standard InChI is InChI=1S/C25H43BO/c1-9-19(10-2)27-26(22-15(3)11-17-13-20(22)24(17,5)6)23-16(4)12-18-14-21(23)25(18,7)8/h9,15-18,20-23H,10-14H2,1-8H3/b19-9-/t15-,16-,17+,18+,20+,21+,22+,23+/m1/s1. The van der Waals surface area contributed by atoms with Crippen molar-refractivity contribution in [3.8, 4) is 0 Å². The van der Waals surface area contributed by atoms with Crippen molar-refractivity contribution in [2.45, 2.75) is 99.1 Å². The fourth-order valence-corrected chi connectivity index (χ4v) is 8.27. The van der Waals surface area contributed by atoms with Gasteiger partial charge in [0.25, 0.3) is 0 Å². The summed E-state index contributed by atoms with van der Waals surface area (Å²) in [5, 5.41) is 0. The van der Waals surface area contributed by atoms with Gasteiger partial charge in [-0.1, -0.05) is 54.5 Å². The van der Waals surface area contributed by atoms with Gasteiger partial charge in [0.1, 0.15) is 0 Å². The van der Waals surface area contributed by atoms with Crippen molar-refractivity contribution in [3.63, 3.8) is 0 Å². The van der Waals surface area contributed by atoms with Crippen LogP contribution in [0.25, 0.3) is 0 Å². The third-order valence-corrected chi connectivity index (χ3v) is 10.4. The molecule has 6 saturated carbocycles. The van der Waals surface area contributed by atoms with E-state index in [9.17, 15) is 0 Å². The summed E-state index contributed by atoms with van der Waals surface area (Å²) in [6, 6.07) is 0. The van der Waals surface area contributed by atoms with Crippen molar-refractivity contribution in [2.75, 3.05) is 0 Å². The summed E-state index contributed by atoms with van der Waals surface area (Å²) >= 11 is 0. The second kappa shape index (κ2) is 6.56. The molecule has 0 amide bonds. The highest BCUT2D eigenvalue weighted by Gasteiger charge is 2.66. The average molecular weight is 370 g/mol. The molecule has 0 aromatic carbocycles. The fraction of sp³-hybridized carbons (Fsp3) is 0.920. The molecule has 0 heterocycles. The van der Waals surface area contributed by atoms with Gasteiger partial charge in [0.2, 0.25) is 0 Å². The summed E-state index contributed by atoms with van der Waals surface area (Å²) in [4.78, 5) is 0. The highest BCUT2D eigenvalue weighted by molar-refractivity contribution is 6.56. The first-order chi connectivity index (χ1) is 12.6. The van der Waals surface area contributed by atoms with Crippen molar-refractivity contribution in [2.24, 2.45) is 46.3 Å². The number of allylic oxidation sites excluding steroid dienone is 2. The quantitative estimate of drug-likeness (QED) is 0.361. The van der Waals surface area contributed by atoms with E-state index in [2.05, 4.69) is 61.5 Å². The summed E-state index contributed by atoms with van der Waals surface area (Å²) in [5.74, 6) is 7.98. The van der Waals surface area contributed by atoms with E-state index in [1.165, 1.54) is 31.4 Å². The summed E-state index contributed by atoms with van der Waals surface area (Å²) in [6.45, 7) is 20.1. The summed E-state index contributed by atoms with van der Waals surface area (Å²) < 4.78 is 7.01. The first-order valence-corrected chi connectivity index (χ1v) is 11.9. The van der Waals surface area contributed by atoms with Gasteiger partial charge in [0.15, 0.2) is 0 Å². The Kier molecular flexibility index (Phi) is 4.84. The molecule has 0 saturated heterocycles. The molecule has 6 rings (SSSR count). The molecular formula is C25H43BO. The fourth-order valence-electron chi connectivity index (χ4n) is 8.27. The predicted octanol–water partition coefficient (Wildman–Crippen LogP) is 7.45. The first-order valence-electron chi connectivity index (χ1n) is 11.9. The Morgan fingerprint density at radius 3 is 1.67 bits per heavy atom. The van der Waals surface area contributed by atoms with Gasteiger partial charge in [-0.2, -0.15) is 0 Å². The van der Waals surface area contributed by atoms with Gasteiger partial charge in [0, 0.05) is 0 Å². The molecule has 0 unspecified atom stereocenters. The van der Waals surface area contributed by atoms with Crippen molar-refractivity contribution >= 4 is 6.92 Å². The first kappa shape index (κ1) is 19.9. The van der Waals surface area contributed by atoms with Crippen LogP contribution in [0.15, 0.2) is 11.8 Å². The lowest BCUT2D eigenvalue weighted by Crippen LogP contribution is -2.62. The van der Waals surface area contributed by atoms with Crippen LogP contribution in [0.1, 0.15) is 87.5 Å². The molecule has 4 bridgehead atoms. The lowest BCUT2D eigenvalue weighted by Gasteiger charge is -2.67. The molecule has 8 atom stereocenters. The number of rotatable bonds is 5. The van der Waals surface area contributed by atoms with Crippen LogP contribution >= 0.6 is 0 Å². The summed E-state index contributed by atoms with van der Waals surface area (Å²) in [7, 11) is 0. The zero-order valence-electron chi connectivity index (χ0n) is 19.2. The normalized spacial score (nSPS) is 46.9. The Morgan fingerprint density at radius 1 is 0.889 bits per heavy atom. The molecule has 0 N–H and O–H groups in total. The smallest absolute Gasteiger partial charge is 0.364 e. The number of fused-ring (bicyclic) bond motifs is 4. The molecule has 0 aromatic rings. The van der Waals surface area contributed by atoms with Gasteiger partial charge in [0.05, 0.1) is 5.76 Å². The molecule has 6 aliphatic rings. The largest absolute Gasteiger partial charge is 0.563 e. The van der Waals surface area contributed by atoms with E-state index in [1.807, 2.05) is 0 Å². The van der Waals surface area contributed by atoms with E-state index in [-0.39, 0.29) is 0 Å². The third-order valence-electron chi connectivity index (χ3n) is 10.4. The van der Waals surface area contributed by atoms with E-state index in [1.54, 1.807) is 0 Å². The van der Waals surface area contributed by atoms with Crippen LogP contribution in [0.3, 0.4) is 0 Å². The molecule has 2 heteroatoms. The lowest BCUT2D eigenvalue weighted by molar-refractivity contribution is -0.104. The third kappa shape index (κ3) is 2.78. The van der Waals surface area contributed by atoms with Crippen LogP contribution in [0.2, 0.25) is 11.6 Å². The molecule has 6 fully saturated rings. The molecule has 0 aromatic heterocycles. The molecule has 152 valence electrons. The van der Waals surface area contributed by atoms with Crippen LogP contribution in [0, 0.1) is 46.3 Å². The zero-order chi connectivity index (χ0) is 19.7. The van der Waals surface area contributed by atoms with Crippen LogP contribution in [-0.4, -0.2) is 6.92 Å². The van der Waals surface area contributed by atoms with Gasteiger partial charge in [-0.05, 0) is 97.0 Å². The Balaban J connectivity index is 1.69. The van der Waals surface area contributed by atoms with E-state index in [0.717, 1.165) is 53.6 Å². The Bertz CT molecular complexity index is 563. The second-order valence-electron chi connectivity index (χ2n) is 12.0. The van der Waals surface area contributed by atoms with Crippen molar-refractivity contribution in [1.29, 1.82) is 0 Å². The van der Waals surface area contributed by atoms with Crippen molar-refractivity contribution < 1.29 is 4.65 Å². The van der Waals surface area contributed by atoms with Gasteiger partial charge in [-0.25, -0.2) is 0 Å². The molecule has 6 aliphatic carbocycles. The minimum atomic E-state index is 0.428. The van der Waals surface area contributed by atoms with Gasteiger partial charge >= 0.3 is 6.92 Å². The molecule has 1 nitrogen and oxygen atoms in total. The maximum atomic E-state index is 7.01. The maximum absolute atomic E-state index is 7.01. The van der Waals surface area contributed by atoms with Crippen LogP contribution < -0.4 is 0 Å². The molecule has 0 radical (unpaired) electrons. The van der Waals surface area contributed by atoms with Crippen molar-refractivity contribution in [3.05, 3.63) is 11.8 Å². The molecule has 0 aliphatic heterocycles. The van der Waals surface area contributed by atoms with Gasteiger partial charge in [-0.3, -0.25) is 0 Å². The number of hydrogen-bond acceptors (Lipinski definition) is 1. The second-order valence-corrected chi connectivity index (χ2v) is 12.0.